The molecule has 1 fully saturated rings. The van der Waals surface area contributed by atoms with Crippen LogP contribution in [0.5, 0.6) is 0 Å². The minimum atomic E-state index is -0.0123. The van der Waals surface area contributed by atoms with Gasteiger partial charge in [0, 0.05) is 39.1 Å². The van der Waals surface area contributed by atoms with Gasteiger partial charge >= 0.3 is 0 Å². The Morgan fingerprint density at radius 2 is 2.08 bits per heavy atom. The van der Waals surface area contributed by atoms with Crippen molar-refractivity contribution in [1.82, 2.24) is 19.8 Å². The third-order valence-electron chi connectivity index (χ3n) is 4.89. The van der Waals surface area contributed by atoms with Gasteiger partial charge in [0.2, 0.25) is 5.91 Å². The van der Waals surface area contributed by atoms with Gasteiger partial charge in [-0.2, -0.15) is 0 Å². The summed E-state index contributed by atoms with van der Waals surface area (Å²) in [5.74, 6) is 1.09. The van der Waals surface area contributed by atoms with Crippen LogP contribution in [0, 0.1) is 0 Å². The fourth-order valence-corrected chi connectivity index (χ4v) is 3.56. The van der Waals surface area contributed by atoms with E-state index in [0.717, 1.165) is 24.5 Å². The molecule has 1 saturated heterocycles. The molecule has 0 aliphatic carbocycles. The number of carbonyl (C=O) groups excluding carboxylic acids is 1. The molecule has 4 rings (SSSR count). The van der Waals surface area contributed by atoms with E-state index in [1.54, 1.807) is 6.20 Å². The molecule has 1 aliphatic rings. The van der Waals surface area contributed by atoms with Crippen molar-refractivity contribution in [1.29, 1.82) is 0 Å². The molecule has 0 bridgehead atoms. The van der Waals surface area contributed by atoms with Crippen molar-refractivity contribution >= 4 is 16.7 Å². The van der Waals surface area contributed by atoms with Gasteiger partial charge in [0.15, 0.2) is 0 Å². The van der Waals surface area contributed by atoms with Gasteiger partial charge in [-0.15, -0.1) is 0 Å². The lowest BCUT2D eigenvalue weighted by Gasteiger charge is -2.36. The van der Waals surface area contributed by atoms with Crippen LogP contribution in [0.25, 0.3) is 10.8 Å². The summed E-state index contributed by atoms with van der Waals surface area (Å²) in [6.45, 7) is 2.28. The Kier molecular flexibility index (Phi) is 4.24. The molecule has 0 spiro atoms. The van der Waals surface area contributed by atoms with E-state index in [4.69, 9.17) is 0 Å². The van der Waals surface area contributed by atoms with Gasteiger partial charge in [0.05, 0.1) is 6.42 Å². The predicted octanol–water partition coefficient (Wildman–Crippen LogP) is 2.29. The summed E-state index contributed by atoms with van der Waals surface area (Å²) in [7, 11) is 1.98. The van der Waals surface area contributed by atoms with Crippen molar-refractivity contribution < 1.29 is 4.79 Å². The molecule has 1 unspecified atom stereocenters. The lowest BCUT2D eigenvalue weighted by Crippen LogP contribution is -2.49. The Morgan fingerprint density at radius 1 is 1.24 bits per heavy atom. The highest BCUT2D eigenvalue weighted by Crippen LogP contribution is 2.22. The third kappa shape index (κ3) is 3.15. The Morgan fingerprint density at radius 3 is 2.88 bits per heavy atom. The molecule has 1 aliphatic heterocycles. The van der Waals surface area contributed by atoms with Gasteiger partial charge in [-0.25, -0.2) is 4.98 Å². The number of aromatic nitrogens is 2. The van der Waals surface area contributed by atoms with Crippen molar-refractivity contribution in [2.75, 3.05) is 19.6 Å². The van der Waals surface area contributed by atoms with E-state index >= 15 is 0 Å². The van der Waals surface area contributed by atoms with Crippen molar-refractivity contribution in [2.45, 2.75) is 12.5 Å². The number of nitrogens with zero attached hydrogens (tertiary/aromatic N) is 3. The van der Waals surface area contributed by atoms with Crippen molar-refractivity contribution in [2.24, 2.45) is 7.05 Å². The van der Waals surface area contributed by atoms with Gasteiger partial charge in [-0.05, 0) is 16.3 Å². The number of hydrogen-bond acceptors (Lipinski definition) is 3. The predicted molar refractivity (Wildman–Crippen MR) is 98.2 cm³/mol. The third-order valence-corrected chi connectivity index (χ3v) is 4.89. The van der Waals surface area contributed by atoms with E-state index in [9.17, 15) is 4.79 Å². The molecule has 1 amide bonds. The van der Waals surface area contributed by atoms with Crippen LogP contribution in [0.2, 0.25) is 0 Å². The monoisotopic (exact) mass is 334 g/mol. The highest BCUT2D eigenvalue weighted by molar-refractivity contribution is 5.85. The van der Waals surface area contributed by atoms with Gasteiger partial charge < -0.3 is 14.8 Å². The SMILES string of the molecule is Cn1ccnc1C1CNCCN1C(=O)Cc1ccc2ccccc2c1. The molecule has 5 nitrogen and oxygen atoms in total. The lowest BCUT2D eigenvalue weighted by molar-refractivity contribution is -0.134. The molecule has 2 heterocycles. The minimum Gasteiger partial charge on any atom is -0.336 e. The quantitative estimate of drug-likeness (QED) is 0.799. The zero-order chi connectivity index (χ0) is 17.2. The van der Waals surface area contributed by atoms with Crippen LogP contribution < -0.4 is 5.32 Å². The Labute approximate surface area is 147 Å². The molecule has 1 aromatic heterocycles. The number of fused-ring (bicyclic) bond motifs is 1. The maximum Gasteiger partial charge on any atom is 0.227 e. The van der Waals surface area contributed by atoms with Crippen LogP contribution in [-0.2, 0) is 18.3 Å². The highest BCUT2D eigenvalue weighted by atomic mass is 16.2. The fourth-order valence-electron chi connectivity index (χ4n) is 3.56. The number of imidazole rings is 1. The molecule has 128 valence electrons. The number of piperazine rings is 1. The maximum absolute atomic E-state index is 13.0. The Bertz CT molecular complexity index is 901. The summed E-state index contributed by atoms with van der Waals surface area (Å²) in [6.07, 6.45) is 4.14. The van der Waals surface area contributed by atoms with E-state index in [-0.39, 0.29) is 11.9 Å². The fraction of sp³-hybridized carbons (Fsp3) is 0.300. The van der Waals surface area contributed by atoms with Crippen molar-refractivity contribution in [3.05, 3.63) is 66.2 Å². The van der Waals surface area contributed by atoms with E-state index in [1.807, 2.05) is 34.8 Å². The average Bonchev–Trinajstić information content (AvgIpc) is 3.07. The Hall–Kier alpha value is -2.66. The number of nitrogens with one attached hydrogen (secondary N) is 1. The molecule has 25 heavy (non-hydrogen) atoms. The van der Waals surface area contributed by atoms with Crippen molar-refractivity contribution in [3.8, 4) is 0 Å². The summed E-state index contributed by atoms with van der Waals surface area (Å²) < 4.78 is 1.99. The van der Waals surface area contributed by atoms with Gasteiger partial charge in [-0.1, -0.05) is 42.5 Å². The first-order valence-electron chi connectivity index (χ1n) is 8.67. The highest BCUT2D eigenvalue weighted by Gasteiger charge is 2.30. The van der Waals surface area contributed by atoms with Gasteiger partial charge in [0.1, 0.15) is 11.9 Å². The molecule has 1 atom stereocenters. The minimum absolute atomic E-state index is 0.0123. The van der Waals surface area contributed by atoms with E-state index in [2.05, 4.69) is 40.6 Å². The molecular formula is C20H22N4O. The van der Waals surface area contributed by atoms with Crippen LogP contribution in [0.3, 0.4) is 0 Å². The zero-order valence-corrected chi connectivity index (χ0v) is 14.4. The van der Waals surface area contributed by atoms with Crippen LogP contribution >= 0.6 is 0 Å². The maximum atomic E-state index is 13.0. The van der Waals surface area contributed by atoms with Crippen LogP contribution in [0.1, 0.15) is 17.4 Å². The number of amides is 1. The first kappa shape index (κ1) is 15.8. The van der Waals surface area contributed by atoms with Crippen LogP contribution in [0.4, 0.5) is 0 Å². The number of benzene rings is 2. The summed E-state index contributed by atoms with van der Waals surface area (Å²) in [6, 6.07) is 14.5. The zero-order valence-electron chi connectivity index (χ0n) is 14.4. The first-order valence-corrected chi connectivity index (χ1v) is 8.67. The number of carbonyl (C=O) groups is 1. The summed E-state index contributed by atoms with van der Waals surface area (Å²) in [4.78, 5) is 19.4. The molecule has 0 radical (unpaired) electrons. The van der Waals surface area contributed by atoms with Crippen molar-refractivity contribution in [3.63, 3.8) is 0 Å². The van der Waals surface area contributed by atoms with E-state index < -0.39 is 0 Å². The van der Waals surface area contributed by atoms with Crippen LogP contribution in [-0.4, -0.2) is 40.0 Å². The molecule has 2 aromatic carbocycles. The lowest BCUT2D eigenvalue weighted by atomic mass is 10.0. The largest absolute Gasteiger partial charge is 0.336 e. The number of hydrogen-bond donors (Lipinski definition) is 1. The second kappa shape index (κ2) is 6.69. The average molecular weight is 334 g/mol. The van der Waals surface area contributed by atoms with E-state index in [0.29, 0.717) is 13.0 Å². The number of aryl methyl sites for hydroxylation is 1. The first-order chi connectivity index (χ1) is 12.2. The molecular weight excluding hydrogens is 312 g/mol. The molecule has 1 N–H and O–H groups in total. The summed E-state index contributed by atoms with van der Waals surface area (Å²) in [5.41, 5.74) is 1.06. The van der Waals surface area contributed by atoms with Gasteiger partial charge in [-0.3, -0.25) is 4.79 Å². The summed E-state index contributed by atoms with van der Waals surface area (Å²) in [5, 5.41) is 5.75. The molecule has 5 heteroatoms. The Balaban J connectivity index is 1.56. The smallest absolute Gasteiger partial charge is 0.227 e. The van der Waals surface area contributed by atoms with Crippen LogP contribution in [0.15, 0.2) is 54.9 Å². The van der Waals surface area contributed by atoms with Gasteiger partial charge in [0.25, 0.3) is 0 Å². The molecule has 3 aromatic rings. The summed E-state index contributed by atoms with van der Waals surface area (Å²) >= 11 is 0. The number of rotatable bonds is 3. The van der Waals surface area contributed by atoms with E-state index in [1.165, 1.54) is 10.8 Å². The second-order valence-corrected chi connectivity index (χ2v) is 6.56. The standard InChI is InChI=1S/C20H22N4O/c1-23-10-9-22-20(23)18-14-21-8-11-24(18)19(25)13-15-6-7-16-4-2-3-5-17(16)12-15/h2-7,9-10,12,18,21H,8,11,13-14H2,1H3. The second-order valence-electron chi connectivity index (χ2n) is 6.56. The molecule has 0 saturated carbocycles. The topological polar surface area (TPSA) is 50.2 Å². The normalized spacial score (nSPS) is 17.8.